The molecule has 1 saturated heterocycles. The molecule has 1 aliphatic rings. The van der Waals surface area contributed by atoms with Gasteiger partial charge in [-0.05, 0) is 18.9 Å². The first-order valence-electron chi connectivity index (χ1n) is 7.09. The zero-order valence-corrected chi connectivity index (χ0v) is 12.9. The number of nitrogens with zero attached hydrogens (tertiary/aromatic N) is 2. The van der Waals surface area contributed by atoms with E-state index in [1.807, 2.05) is 19.1 Å². The number of aromatic nitrogens is 2. The average Bonchev–Trinajstić information content (AvgIpc) is 3.16. The molecule has 1 amide bonds. The number of amides is 1. The molecular formula is C14H17N5O2S. The predicted molar refractivity (Wildman–Crippen MR) is 83.4 cm³/mol. The Labute approximate surface area is 131 Å². The van der Waals surface area contributed by atoms with E-state index in [0.29, 0.717) is 11.6 Å². The van der Waals surface area contributed by atoms with Crippen LogP contribution in [0.5, 0.6) is 5.75 Å². The molecule has 2 atom stereocenters. The Bertz CT molecular complexity index is 675. The fraction of sp³-hybridized carbons (Fsp3) is 0.357. The van der Waals surface area contributed by atoms with Crippen LogP contribution in [0.1, 0.15) is 30.0 Å². The number of aromatic hydroxyl groups is 1. The Kier molecular flexibility index (Phi) is 4.32. The van der Waals surface area contributed by atoms with Crippen LogP contribution in [0.2, 0.25) is 0 Å². The normalized spacial score (nSPS) is 21.0. The first kappa shape index (κ1) is 14.9. The number of carbonyl (C=O) groups excluding carboxylic acids is 1. The smallest absolute Gasteiger partial charge is 0.244 e. The Morgan fingerprint density at radius 2 is 2.23 bits per heavy atom. The molecule has 0 spiro atoms. The van der Waals surface area contributed by atoms with Gasteiger partial charge in [0, 0.05) is 5.56 Å². The van der Waals surface area contributed by atoms with Crippen molar-refractivity contribution in [2.45, 2.75) is 31.8 Å². The molecule has 0 radical (unpaired) electrons. The SMILES string of the molecule is CCc1nnc(NC(=O)C2CC(c3ccccc3O)NN2)s1. The molecule has 1 fully saturated rings. The van der Waals surface area contributed by atoms with Gasteiger partial charge in [-0.3, -0.25) is 10.1 Å². The Hall–Kier alpha value is -2.03. The summed E-state index contributed by atoms with van der Waals surface area (Å²) in [6.45, 7) is 1.99. The molecule has 2 heterocycles. The number of rotatable bonds is 4. The maximum absolute atomic E-state index is 12.2. The van der Waals surface area contributed by atoms with Crippen molar-refractivity contribution < 1.29 is 9.90 Å². The quantitative estimate of drug-likeness (QED) is 0.679. The first-order valence-corrected chi connectivity index (χ1v) is 7.91. The third kappa shape index (κ3) is 3.08. The van der Waals surface area contributed by atoms with E-state index in [-0.39, 0.29) is 17.7 Å². The lowest BCUT2D eigenvalue weighted by Crippen LogP contribution is -2.39. The molecule has 7 nitrogen and oxygen atoms in total. The van der Waals surface area contributed by atoms with Crippen molar-refractivity contribution in [3.63, 3.8) is 0 Å². The summed E-state index contributed by atoms with van der Waals surface area (Å²) in [6, 6.07) is 6.60. The van der Waals surface area contributed by atoms with Crippen molar-refractivity contribution in [2.24, 2.45) is 0 Å². The van der Waals surface area contributed by atoms with Crippen LogP contribution in [0, 0.1) is 0 Å². The van der Waals surface area contributed by atoms with Crippen LogP contribution in [-0.4, -0.2) is 27.3 Å². The van der Waals surface area contributed by atoms with Crippen LogP contribution in [0.25, 0.3) is 0 Å². The number of phenolic OH excluding ortho intramolecular Hbond substituents is 1. The highest BCUT2D eigenvalue weighted by atomic mass is 32.1. The molecule has 116 valence electrons. The number of carbonyl (C=O) groups is 1. The van der Waals surface area contributed by atoms with Crippen molar-refractivity contribution >= 4 is 22.4 Å². The molecule has 22 heavy (non-hydrogen) atoms. The van der Waals surface area contributed by atoms with Gasteiger partial charge in [-0.15, -0.1) is 10.2 Å². The highest BCUT2D eigenvalue weighted by molar-refractivity contribution is 7.15. The molecule has 8 heteroatoms. The van der Waals surface area contributed by atoms with Crippen molar-refractivity contribution in [1.29, 1.82) is 0 Å². The number of hydrazine groups is 1. The Morgan fingerprint density at radius 1 is 1.41 bits per heavy atom. The average molecular weight is 319 g/mol. The number of phenols is 1. The van der Waals surface area contributed by atoms with E-state index in [2.05, 4.69) is 26.4 Å². The van der Waals surface area contributed by atoms with Crippen LogP contribution < -0.4 is 16.2 Å². The second kappa shape index (κ2) is 6.39. The van der Waals surface area contributed by atoms with Gasteiger partial charge in [0.2, 0.25) is 11.0 Å². The second-order valence-corrected chi connectivity index (χ2v) is 6.09. The van der Waals surface area contributed by atoms with E-state index < -0.39 is 6.04 Å². The summed E-state index contributed by atoms with van der Waals surface area (Å²) in [5, 5.41) is 22.0. The summed E-state index contributed by atoms with van der Waals surface area (Å²) in [5.74, 6) is 0.0591. The van der Waals surface area contributed by atoms with Gasteiger partial charge in [0.05, 0.1) is 6.04 Å². The van der Waals surface area contributed by atoms with Crippen LogP contribution in [0.3, 0.4) is 0 Å². The lowest BCUT2D eigenvalue weighted by atomic mass is 10.0. The minimum atomic E-state index is -0.390. The topological polar surface area (TPSA) is 99.2 Å². The fourth-order valence-corrected chi connectivity index (χ4v) is 3.04. The maximum atomic E-state index is 12.2. The number of hydrogen-bond acceptors (Lipinski definition) is 7. The van der Waals surface area contributed by atoms with E-state index in [1.54, 1.807) is 12.1 Å². The van der Waals surface area contributed by atoms with Gasteiger partial charge in [0.15, 0.2) is 0 Å². The van der Waals surface area contributed by atoms with Gasteiger partial charge in [-0.2, -0.15) is 0 Å². The standard InChI is InChI=1S/C14H17N5O2S/c1-2-12-18-19-14(22-12)15-13(21)10-7-9(16-17-10)8-5-3-4-6-11(8)20/h3-6,9-10,16-17,20H,2,7H2,1H3,(H,15,19,21). The number of hydrogen-bond donors (Lipinski definition) is 4. The molecule has 1 aromatic carbocycles. The molecule has 1 aliphatic heterocycles. The van der Waals surface area contributed by atoms with Crippen LogP contribution in [0.4, 0.5) is 5.13 Å². The van der Waals surface area contributed by atoms with Gasteiger partial charge >= 0.3 is 0 Å². The van der Waals surface area contributed by atoms with Crippen molar-refractivity contribution in [3.8, 4) is 5.75 Å². The molecule has 2 aromatic rings. The molecule has 4 N–H and O–H groups in total. The number of anilines is 1. The molecule has 0 aliphatic carbocycles. The molecule has 1 aromatic heterocycles. The second-order valence-electron chi connectivity index (χ2n) is 5.03. The summed E-state index contributed by atoms with van der Waals surface area (Å²) < 4.78 is 0. The van der Waals surface area contributed by atoms with Crippen molar-refractivity contribution in [2.75, 3.05) is 5.32 Å². The zero-order valence-electron chi connectivity index (χ0n) is 12.0. The van der Waals surface area contributed by atoms with E-state index in [4.69, 9.17) is 0 Å². The molecule has 3 rings (SSSR count). The van der Waals surface area contributed by atoms with Crippen molar-refractivity contribution in [3.05, 3.63) is 34.8 Å². The lowest BCUT2D eigenvalue weighted by molar-refractivity contribution is -0.117. The van der Waals surface area contributed by atoms with Gasteiger partial charge < -0.3 is 5.11 Å². The van der Waals surface area contributed by atoms with Gasteiger partial charge in [0.1, 0.15) is 16.8 Å². The fourth-order valence-electron chi connectivity index (χ4n) is 2.35. The third-order valence-corrected chi connectivity index (χ3v) is 4.51. The number of benzene rings is 1. The zero-order chi connectivity index (χ0) is 15.5. The minimum absolute atomic E-state index is 0.113. The van der Waals surface area contributed by atoms with Crippen LogP contribution in [0.15, 0.2) is 24.3 Å². The Balaban J connectivity index is 1.62. The largest absolute Gasteiger partial charge is 0.508 e. The number of para-hydroxylation sites is 1. The first-order chi connectivity index (χ1) is 10.7. The van der Waals surface area contributed by atoms with E-state index in [1.165, 1.54) is 11.3 Å². The summed E-state index contributed by atoms with van der Waals surface area (Å²) >= 11 is 1.38. The number of nitrogens with one attached hydrogen (secondary N) is 3. The van der Waals surface area contributed by atoms with E-state index >= 15 is 0 Å². The number of aryl methyl sites for hydroxylation is 1. The van der Waals surface area contributed by atoms with Gasteiger partial charge in [-0.1, -0.05) is 36.5 Å². The van der Waals surface area contributed by atoms with Gasteiger partial charge in [0.25, 0.3) is 0 Å². The Morgan fingerprint density at radius 3 is 2.95 bits per heavy atom. The van der Waals surface area contributed by atoms with Crippen molar-refractivity contribution in [1.82, 2.24) is 21.0 Å². The third-order valence-electron chi connectivity index (χ3n) is 3.53. The van der Waals surface area contributed by atoms with Crippen LogP contribution >= 0.6 is 11.3 Å². The highest BCUT2D eigenvalue weighted by Gasteiger charge is 2.31. The van der Waals surface area contributed by atoms with E-state index in [9.17, 15) is 9.90 Å². The molecule has 0 saturated carbocycles. The molecular weight excluding hydrogens is 302 g/mol. The summed E-state index contributed by atoms with van der Waals surface area (Å²) in [4.78, 5) is 12.2. The summed E-state index contributed by atoms with van der Waals surface area (Å²) in [7, 11) is 0. The van der Waals surface area contributed by atoms with E-state index in [0.717, 1.165) is 17.0 Å². The lowest BCUT2D eigenvalue weighted by Gasteiger charge is -2.11. The minimum Gasteiger partial charge on any atom is -0.508 e. The highest BCUT2D eigenvalue weighted by Crippen LogP contribution is 2.29. The molecule has 2 unspecified atom stereocenters. The summed E-state index contributed by atoms with van der Waals surface area (Å²) in [5.41, 5.74) is 6.77. The molecule has 0 bridgehead atoms. The predicted octanol–water partition coefficient (Wildman–Crippen LogP) is 1.35. The maximum Gasteiger partial charge on any atom is 0.244 e. The monoisotopic (exact) mass is 319 g/mol. The van der Waals surface area contributed by atoms with Crippen LogP contribution in [-0.2, 0) is 11.2 Å². The summed E-state index contributed by atoms with van der Waals surface area (Å²) in [6.07, 6.45) is 1.34. The van der Waals surface area contributed by atoms with Gasteiger partial charge in [-0.25, -0.2) is 10.9 Å².